The molecule has 1 fully saturated rings. The Hall–Kier alpha value is -2.33. The molecule has 1 aliphatic heterocycles. The molecular formula is C22H23N3O3S3. The number of nitrogens with zero attached hydrogens (tertiary/aromatic N) is 2. The zero-order chi connectivity index (χ0) is 21.8. The molecule has 0 unspecified atom stereocenters. The number of anilines is 1. The van der Waals surface area contributed by atoms with Gasteiger partial charge in [0.2, 0.25) is 15.9 Å². The molecule has 0 bridgehead atoms. The molecule has 1 aliphatic rings. The van der Waals surface area contributed by atoms with Crippen LogP contribution >= 0.6 is 22.7 Å². The lowest BCUT2D eigenvalue weighted by molar-refractivity contribution is -0.120. The topological polar surface area (TPSA) is 79.4 Å². The SMILES string of the molecule is Cc1ccc(-c2csc(NC(=O)C3CCN(S(=O)(=O)/C=C/c4ccccc4)CC3)n2)s1. The summed E-state index contributed by atoms with van der Waals surface area (Å²) in [5.74, 6) is -0.318. The first-order chi connectivity index (χ1) is 14.9. The average molecular weight is 474 g/mol. The van der Waals surface area contributed by atoms with Crippen molar-refractivity contribution in [3.8, 4) is 10.6 Å². The number of amides is 1. The third-order valence-corrected chi connectivity index (χ3v) is 8.49. The Balaban J connectivity index is 1.32. The minimum atomic E-state index is -3.50. The number of thiazole rings is 1. The molecule has 1 N–H and O–H groups in total. The summed E-state index contributed by atoms with van der Waals surface area (Å²) in [6.07, 6.45) is 2.59. The van der Waals surface area contributed by atoms with E-state index in [1.54, 1.807) is 17.4 Å². The highest BCUT2D eigenvalue weighted by Gasteiger charge is 2.30. The number of piperidine rings is 1. The Morgan fingerprint density at radius 1 is 1.16 bits per heavy atom. The van der Waals surface area contributed by atoms with Crippen LogP contribution in [0.15, 0.2) is 53.3 Å². The van der Waals surface area contributed by atoms with Crippen LogP contribution in [0.5, 0.6) is 0 Å². The fourth-order valence-corrected chi connectivity index (χ4v) is 6.25. The summed E-state index contributed by atoms with van der Waals surface area (Å²) in [6, 6.07) is 13.4. The van der Waals surface area contributed by atoms with E-state index in [2.05, 4.69) is 16.4 Å². The lowest BCUT2D eigenvalue weighted by Crippen LogP contribution is -2.40. The van der Waals surface area contributed by atoms with Gasteiger partial charge in [0.05, 0.1) is 10.6 Å². The van der Waals surface area contributed by atoms with Crippen molar-refractivity contribution in [2.75, 3.05) is 18.4 Å². The van der Waals surface area contributed by atoms with Crippen LogP contribution in [0.1, 0.15) is 23.3 Å². The second-order valence-corrected chi connectivity index (χ2v) is 11.3. The second kappa shape index (κ2) is 9.44. The number of carbonyl (C=O) groups is 1. The Morgan fingerprint density at radius 2 is 1.90 bits per heavy atom. The monoisotopic (exact) mass is 473 g/mol. The van der Waals surface area contributed by atoms with E-state index in [0.717, 1.165) is 16.1 Å². The summed E-state index contributed by atoms with van der Waals surface area (Å²) >= 11 is 3.07. The highest BCUT2D eigenvalue weighted by molar-refractivity contribution is 7.92. The number of benzene rings is 1. The zero-order valence-corrected chi connectivity index (χ0v) is 19.5. The minimum Gasteiger partial charge on any atom is -0.302 e. The first-order valence-corrected chi connectivity index (χ1v) is 13.2. The summed E-state index contributed by atoms with van der Waals surface area (Å²) in [5.41, 5.74) is 1.70. The van der Waals surface area contributed by atoms with E-state index < -0.39 is 10.0 Å². The van der Waals surface area contributed by atoms with Crippen molar-refractivity contribution in [3.05, 3.63) is 63.7 Å². The van der Waals surface area contributed by atoms with Gasteiger partial charge in [0.1, 0.15) is 0 Å². The van der Waals surface area contributed by atoms with Crippen LogP contribution in [0.25, 0.3) is 16.6 Å². The molecule has 3 heterocycles. The van der Waals surface area contributed by atoms with Crippen LogP contribution in [0, 0.1) is 12.8 Å². The van der Waals surface area contributed by atoms with Crippen LogP contribution < -0.4 is 5.32 Å². The highest BCUT2D eigenvalue weighted by atomic mass is 32.2. The molecule has 1 saturated heterocycles. The van der Waals surface area contributed by atoms with E-state index in [-0.39, 0.29) is 11.8 Å². The molecule has 0 atom stereocenters. The quantitative estimate of drug-likeness (QED) is 0.556. The molecule has 2 aromatic heterocycles. The van der Waals surface area contributed by atoms with Gasteiger partial charge in [0, 0.05) is 34.7 Å². The molecule has 3 aromatic rings. The number of thiophene rings is 1. The van der Waals surface area contributed by atoms with Gasteiger partial charge in [0.25, 0.3) is 0 Å². The Kier molecular flexibility index (Phi) is 6.66. The Labute approximate surface area is 190 Å². The van der Waals surface area contributed by atoms with Crippen LogP contribution in [-0.4, -0.2) is 36.7 Å². The van der Waals surface area contributed by atoms with Gasteiger partial charge in [0.15, 0.2) is 5.13 Å². The molecule has 0 radical (unpaired) electrons. The maximum Gasteiger partial charge on any atom is 0.236 e. The third kappa shape index (κ3) is 5.48. The number of hydrogen-bond acceptors (Lipinski definition) is 6. The number of rotatable bonds is 6. The summed E-state index contributed by atoms with van der Waals surface area (Å²) in [4.78, 5) is 19.5. The maximum absolute atomic E-state index is 12.7. The van der Waals surface area contributed by atoms with Crippen LogP contribution in [0.2, 0.25) is 0 Å². The standard InChI is InChI=1S/C22H23N3O3S3/c1-16-7-8-20(30-16)19-15-29-22(23-19)24-21(26)18-9-12-25(13-10-18)31(27,28)14-11-17-5-3-2-4-6-17/h2-8,11,14-15,18H,9-10,12-13H2,1H3,(H,23,24,26)/b14-11+. The van der Waals surface area contributed by atoms with Crippen molar-refractivity contribution >= 4 is 49.8 Å². The number of aromatic nitrogens is 1. The third-order valence-electron chi connectivity index (χ3n) is 5.14. The molecule has 6 nitrogen and oxygen atoms in total. The van der Waals surface area contributed by atoms with E-state index >= 15 is 0 Å². The van der Waals surface area contributed by atoms with Crippen LogP contribution in [-0.2, 0) is 14.8 Å². The summed E-state index contributed by atoms with van der Waals surface area (Å²) in [5, 5.41) is 6.66. The van der Waals surface area contributed by atoms with Gasteiger partial charge in [-0.15, -0.1) is 22.7 Å². The lowest BCUT2D eigenvalue weighted by Gasteiger charge is -2.29. The number of carbonyl (C=O) groups excluding carboxylic acids is 1. The van der Waals surface area contributed by atoms with Crippen molar-refractivity contribution < 1.29 is 13.2 Å². The molecular weight excluding hydrogens is 450 g/mol. The normalized spacial score (nSPS) is 16.0. The van der Waals surface area contributed by atoms with E-state index in [0.29, 0.717) is 31.1 Å². The zero-order valence-electron chi connectivity index (χ0n) is 17.0. The number of nitrogens with one attached hydrogen (secondary N) is 1. The summed E-state index contributed by atoms with van der Waals surface area (Å²) < 4.78 is 26.6. The van der Waals surface area contributed by atoms with Crippen LogP contribution in [0.3, 0.4) is 0 Å². The van der Waals surface area contributed by atoms with Crippen LogP contribution in [0.4, 0.5) is 5.13 Å². The summed E-state index contributed by atoms with van der Waals surface area (Å²) in [6.45, 7) is 2.71. The smallest absolute Gasteiger partial charge is 0.236 e. The van der Waals surface area contributed by atoms with E-state index in [1.807, 2.05) is 48.7 Å². The Morgan fingerprint density at radius 3 is 2.58 bits per heavy atom. The first-order valence-electron chi connectivity index (χ1n) is 9.97. The van der Waals surface area contributed by atoms with Gasteiger partial charge >= 0.3 is 0 Å². The molecule has 162 valence electrons. The van der Waals surface area contributed by atoms with E-state index in [1.165, 1.54) is 25.9 Å². The van der Waals surface area contributed by atoms with Gasteiger partial charge < -0.3 is 5.32 Å². The molecule has 31 heavy (non-hydrogen) atoms. The number of sulfonamides is 1. The maximum atomic E-state index is 12.7. The fraction of sp³-hybridized carbons (Fsp3) is 0.273. The first kappa shape index (κ1) is 21.9. The average Bonchev–Trinajstić information content (AvgIpc) is 3.42. The van der Waals surface area contributed by atoms with Gasteiger partial charge in [-0.25, -0.2) is 13.4 Å². The van der Waals surface area contributed by atoms with Crippen molar-refractivity contribution in [2.24, 2.45) is 5.92 Å². The molecule has 0 aliphatic carbocycles. The van der Waals surface area contributed by atoms with Gasteiger partial charge in [-0.05, 0) is 43.5 Å². The second-order valence-electron chi connectivity index (χ2n) is 7.37. The van der Waals surface area contributed by atoms with Crippen molar-refractivity contribution in [2.45, 2.75) is 19.8 Å². The predicted octanol–water partition coefficient (Wildman–Crippen LogP) is 4.83. The molecule has 9 heteroatoms. The molecule has 1 aromatic carbocycles. The van der Waals surface area contributed by atoms with Crippen molar-refractivity contribution in [1.82, 2.24) is 9.29 Å². The number of aryl methyl sites for hydroxylation is 1. The van der Waals surface area contributed by atoms with Crippen molar-refractivity contribution in [1.29, 1.82) is 0 Å². The minimum absolute atomic E-state index is 0.0971. The van der Waals surface area contributed by atoms with Gasteiger partial charge in [-0.1, -0.05) is 30.3 Å². The van der Waals surface area contributed by atoms with Gasteiger partial charge in [-0.3, -0.25) is 4.79 Å². The highest BCUT2D eigenvalue weighted by Crippen LogP contribution is 2.31. The molecule has 0 spiro atoms. The summed E-state index contributed by atoms with van der Waals surface area (Å²) in [7, 11) is -3.50. The molecule has 0 saturated carbocycles. The largest absolute Gasteiger partial charge is 0.302 e. The lowest BCUT2D eigenvalue weighted by atomic mass is 9.97. The Bertz CT molecular complexity index is 1170. The fourth-order valence-electron chi connectivity index (χ4n) is 3.41. The number of hydrogen-bond donors (Lipinski definition) is 1. The molecule has 1 amide bonds. The predicted molar refractivity (Wildman–Crippen MR) is 127 cm³/mol. The van der Waals surface area contributed by atoms with Gasteiger partial charge in [-0.2, -0.15) is 4.31 Å². The molecule has 4 rings (SSSR count). The van der Waals surface area contributed by atoms with E-state index in [9.17, 15) is 13.2 Å². The van der Waals surface area contributed by atoms with E-state index in [4.69, 9.17) is 0 Å². The van der Waals surface area contributed by atoms with Crippen molar-refractivity contribution in [3.63, 3.8) is 0 Å².